The first kappa shape index (κ1) is 19.1. The summed E-state index contributed by atoms with van der Waals surface area (Å²) in [6.07, 6.45) is 1.59. The predicted molar refractivity (Wildman–Crippen MR) is 107 cm³/mol. The fourth-order valence-electron chi connectivity index (χ4n) is 3.52. The lowest BCUT2D eigenvalue weighted by Crippen LogP contribution is -2.36. The van der Waals surface area contributed by atoms with Crippen molar-refractivity contribution in [3.05, 3.63) is 36.7 Å². The number of nitrogens with zero attached hydrogens (tertiary/aromatic N) is 4. The Morgan fingerprint density at radius 3 is 2.86 bits per heavy atom. The molecule has 152 valence electrons. The quantitative estimate of drug-likeness (QED) is 0.813. The van der Waals surface area contributed by atoms with Crippen molar-refractivity contribution in [2.45, 2.75) is 6.42 Å². The van der Waals surface area contributed by atoms with Gasteiger partial charge in [-0.3, -0.25) is 9.59 Å². The number of benzene rings is 1. The Morgan fingerprint density at radius 1 is 1.24 bits per heavy atom. The van der Waals surface area contributed by atoms with Crippen LogP contribution in [0.2, 0.25) is 0 Å². The first-order valence-corrected chi connectivity index (χ1v) is 9.54. The van der Waals surface area contributed by atoms with Crippen LogP contribution in [-0.2, 0) is 14.3 Å². The average molecular weight is 397 g/mol. The number of carbonyl (C=O) groups excluding carboxylic acids is 2. The zero-order valence-corrected chi connectivity index (χ0v) is 16.2. The van der Waals surface area contributed by atoms with Crippen molar-refractivity contribution in [3.63, 3.8) is 0 Å². The third kappa shape index (κ3) is 4.29. The summed E-state index contributed by atoms with van der Waals surface area (Å²) in [7, 11) is 1.58. The molecule has 1 aromatic carbocycles. The number of ether oxygens (including phenoxy) is 2. The Labute approximate surface area is 168 Å². The van der Waals surface area contributed by atoms with Crippen LogP contribution in [0.5, 0.6) is 5.75 Å². The van der Waals surface area contributed by atoms with Crippen molar-refractivity contribution in [1.82, 2.24) is 9.97 Å². The molecular weight excluding hydrogens is 374 g/mol. The summed E-state index contributed by atoms with van der Waals surface area (Å²) in [5, 5.41) is 2.83. The maximum absolute atomic E-state index is 12.7. The van der Waals surface area contributed by atoms with E-state index in [2.05, 4.69) is 20.2 Å². The van der Waals surface area contributed by atoms with Crippen LogP contribution in [0.3, 0.4) is 0 Å². The molecule has 0 spiro atoms. The molecule has 0 aliphatic carbocycles. The Morgan fingerprint density at radius 2 is 2.07 bits per heavy atom. The number of anilines is 3. The second-order valence-electron chi connectivity index (χ2n) is 6.96. The minimum absolute atomic E-state index is 0.0879. The first-order chi connectivity index (χ1) is 14.1. The zero-order valence-electron chi connectivity index (χ0n) is 16.2. The van der Waals surface area contributed by atoms with Gasteiger partial charge in [-0.05, 0) is 12.1 Å². The SMILES string of the molecule is COc1cccc(N2CC(C(=O)Nc3cc(N4CCOCC4)ncn3)CC2=O)c1. The van der Waals surface area contributed by atoms with Crippen molar-refractivity contribution in [2.75, 3.05) is 55.1 Å². The maximum Gasteiger partial charge on any atom is 0.230 e. The normalized spacial score (nSPS) is 19.3. The highest BCUT2D eigenvalue weighted by Gasteiger charge is 2.35. The third-order valence-electron chi connectivity index (χ3n) is 5.10. The highest BCUT2D eigenvalue weighted by molar-refractivity contribution is 6.03. The van der Waals surface area contributed by atoms with Crippen LogP contribution in [-0.4, -0.2) is 61.7 Å². The summed E-state index contributed by atoms with van der Waals surface area (Å²) in [5.41, 5.74) is 0.723. The second-order valence-corrected chi connectivity index (χ2v) is 6.96. The number of nitrogens with one attached hydrogen (secondary N) is 1. The third-order valence-corrected chi connectivity index (χ3v) is 5.10. The monoisotopic (exact) mass is 397 g/mol. The highest BCUT2D eigenvalue weighted by Crippen LogP contribution is 2.28. The van der Waals surface area contributed by atoms with Gasteiger partial charge in [0.25, 0.3) is 0 Å². The molecule has 2 aromatic rings. The van der Waals surface area contributed by atoms with Gasteiger partial charge in [-0.2, -0.15) is 0 Å². The summed E-state index contributed by atoms with van der Waals surface area (Å²) in [4.78, 5) is 37.3. The largest absolute Gasteiger partial charge is 0.497 e. The van der Waals surface area contributed by atoms with E-state index in [4.69, 9.17) is 9.47 Å². The lowest BCUT2D eigenvalue weighted by molar-refractivity contribution is -0.122. The van der Waals surface area contributed by atoms with Crippen LogP contribution in [0.1, 0.15) is 6.42 Å². The fourth-order valence-corrected chi connectivity index (χ4v) is 3.52. The molecule has 0 radical (unpaired) electrons. The van der Waals surface area contributed by atoms with Crippen LogP contribution < -0.4 is 19.9 Å². The van der Waals surface area contributed by atoms with E-state index in [1.165, 1.54) is 6.33 Å². The van der Waals surface area contributed by atoms with Crippen molar-refractivity contribution >= 4 is 29.1 Å². The number of amides is 2. The minimum atomic E-state index is -0.449. The lowest BCUT2D eigenvalue weighted by Gasteiger charge is -2.27. The van der Waals surface area contributed by atoms with Crippen LogP contribution in [0.15, 0.2) is 36.7 Å². The van der Waals surface area contributed by atoms with Crippen LogP contribution in [0, 0.1) is 5.92 Å². The second kappa shape index (κ2) is 8.44. The molecule has 0 saturated carbocycles. The maximum atomic E-state index is 12.7. The fraction of sp³-hybridized carbons (Fsp3) is 0.400. The molecule has 2 amide bonds. The van der Waals surface area contributed by atoms with Crippen molar-refractivity contribution in [1.29, 1.82) is 0 Å². The van der Waals surface area contributed by atoms with E-state index in [0.717, 1.165) is 24.6 Å². The number of rotatable bonds is 5. The Hall–Kier alpha value is -3.20. The Bertz CT molecular complexity index is 900. The van der Waals surface area contributed by atoms with Crippen molar-refractivity contribution in [2.24, 2.45) is 5.92 Å². The van der Waals surface area contributed by atoms with Crippen molar-refractivity contribution < 1.29 is 19.1 Å². The molecule has 2 aliphatic heterocycles. The number of methoxy groups -OCH3 is 1. The molecule has 2 aliphatic rings. The first-order valence-electron chi connectivity index (χ1n) is 9.54. The Kier molecular flexibility index (Phi) is 5.57. The van der Waals surface area contributed by atoms with Gasteiger partial charge in [-0.25, -0.2) is 9.97 Å². The predicted octanol–water partition coefficient (Wildman–Crippen LogP) is 1.31. The summed E-state index contributed by atoms with van der Waals surface area (Å²) in [6.45, 7) is 3.11. The minimum Gasteiger partial charge on any atom is -0.497 e. The van der Waals surface area contributed by atoms with Crippen LogP contribution >= 0.6 is 0 Å². The molecule has 9 nitrogen and oxygen atoms in total. The van der Waals surface area contributed by atoms with Gasteiger partial charge >= 0.3 is 0 Å². The number of aromatic nitrogens is 2. The van der Waals surface area contributed by atoms with Crippen LogP contribution in [0.4, 0.5) is 17.3 Å². The van der Waals surface area contributed by atoms with Gasteiger partial charge in [0.1, 0.15) is 23.7 Å². The van der Waals surface area contributed by atoms with E-state index in [1.807, 2.05) is 18.2 Å². The summed E-state index contributed by atoms with van der Waals surface area (Å²) in [5.74, 6) is 1.08. The van der Waals surface area contributed by atoms with E-state index >= 15 is 0 Å². The number of carbonyl (C=O) groups is 2. The van der Waals surface area contributed by atoms with Gasteiger partial charge in [-0.1, -0.05) is 6.07 Å². The van der Waals surface area contributed by atoms with Gasteiger partial charge in [-0.15, -0.1) is 0 Å². The zero-order chi connectivity index (χ0) is 20.2. The molecular formula is C20H23N5O4. The molecule has 1 unspecified atom stereocenters. The van der Waals surface area contributed by atoms with E-state index in [1.54, 1.807) is 24.1 Å². The van der Waals surface area contributed by atoms with Gasteiger partial charge in [0.2, 0.25) is 11.8 Å². The summed E-state index contributed by atoms with van der Waals surface area (Å²) in [6, 6.07) is 9.01. The molecule has 4 rings (SSSR count). The molecule has 3 heterocycles. The van der Waals surface area contributed by atoms with Crippen LogP contribution in [0.25, 0.3) is 0 Å². The molecule has 1 N–H and O–H groups in total. The highest BCUT2D eigenvalue weighted by atomic mass is 16.5. The molecule has 1 aromatic heterocycles. The topological polar surface area (TPSA) is 96.9 Å². The molecule has 1 atom stereocenters. The Balaban J connectivity index is 1.42. The lowest BCUT2D eigenvalue weighted by atomic mass is 10.1. The van der Waals surface area contributed by atoms with Gasteiger partial charge in [0.05, 0.1) is 26.2 Å². The van der Waals surface area contributed by atoms with Gasteiger partial charge in [0.15, 0.2) is 0 Å². The smallest absolute Gasteiger partial charge is 0.230 e. The van der Waals surface area contributed by atoms with E-state index < -0.39 is 5.92 Å². The number of hydrogen-bond acceptors (Lipinski definition) is 7. The van der Waals surface area contributed by atoms with Gasteiger partial charge < -0.3 is 24.6 Å². The molecule has 2 saturated heterocycles. The van der Waals surface area contributed by atoms with E-state index in [-0.39, 0.29) is 18.2 Å². The number of hydrogen-bond donors (Lipinski definition) is 1. The van der Waals surface area contributed by atoms with Crippen molar-refractivity contribution in [3.8, 4) is 5.75 Å². The van der Waals surface area contributed by atoms with Gasteiger partial charge in [0, 0.05) is 43.9 Å². The summed E-state index contributed by atoms with van der Waals surface area (Å²) >= 11 is 0. The number of morpholine rings is 1. The molecule has 0 bridgehead atoms. The molecule has 9 heteroatoms. The molecule has 2 fully saturated rings. The average Bonchev–Trinajstić information content (AvgIpc) is 3.16. The van der Waals surface area contributed by atoms with E-state index in [9.17, 15) is 9.59 Å². The summed E-state index contributed by atoms with van der Waals surface area (Å²) < 4.78 is 10.6. The van der Waals surface area contributed by atoms with E-state index in [0.29, 0.717) is 31.3 Å². The standard InChI is InChI=1S/C20H23N5O4/c1-28-16-4-2-3-15(10-16)25-12-14(9-19(25)26)20(27)23-17-11-18(22-13-21-17)24-5-7-29-8-6-24/h2-4,10-11,13-14H,5-9,12H2,1H3,(H,21,22,23,27). The molecule has 29 heavy (non-hydrogen) atoms.